The average molecular weight is 250 g/mol. The summed E-state index contributed by atoms with van der Waals surface area (Å²) in [6.07, 6.45) is 4.43. The number of nitrogens with zero attached hydrogens (tertiary/aromatic N) is 3. The van der Waals surface area contributed by atoms with Crippen molar-refractivity contribution >= 4 is 16.6 Å². The number of nitrogens with two attached hydrogens (primary N) is 1. The first kappa shape index (κ1) is 11.6. The number of aryl methyl sites for hydroxylation is 1. The maximum Gasteiger partial charge on any atom is 0.131 e. The molecular formula is C15H14N4. The van der Waals surface area contributed by atoms with Gasteiger partial charge in [-0.05, 0) is 5.39 Å². The zero-order valence-corrected chi connectivity index (χ0v) is 10.7. The maximum atomic E-state index is 5.84. The molecule has 0 bridgehead atoms. The van der Waals surface area contributed by atoms with E-state index in [9.17, 15) is 0 Å². The highest BCUT2D eigenvalue weighted by Gasteiger charge is 2.08. The summed E-state index contributed by atoms with van der Waals surface area (Å²) in [7, 11) is 0. The van der Waals surface area contributed by atoms with Crippen molar-refractivity contribution in [3.63, 3.8) is 0 Å². The lowest BCUT2D eigenvalue weighted by Crippen LogP contribution is -2.00. The Balaban J connectivity index is 2.27. The molecule has 0 fully saturated rings. The molecule has 94 valence electrons. The molecule has 2 heterocycles. The molecule has 0 saturated heterocycles. The van der Waals surface area contributed by atoms with E-state index in [2.05, 4.69) is 21.0 Å². The van der Waals surface area contributed by atoms with Crippen molar-refractivity contribution in [3.05, 3.63) is 48.5 Å². The number of nitrogen functional groups attached to an aromatic ring is 1. The Labute approximate surface area is 111 Å². The van der Waals surface area contributed by atoms with E-state index in [0.29, 0.717) is 5.82 Å². The molecule has 0 spiro atoms. The molecule has 0 radical (unpaired) electrons. The Morgan fingerprint density at radius 1 is 1.11 bits per heavy atom. The first-order valence-corrected chi connectivity index (χ1v) is 6.24. The van der Waals surface area contributed by atoms with Crippen molar-refractivity contribution in [2.45, 2.75) is 13.3 Å². The Hall–Kier alpha value is -2.49. The van der Waals surface area contributed by atoms with Gasteiger partial charge >= 0.3 is 0 Å². The highest BCUT2D eigenvalue weighted by atomic mass is 14.9. The van der Waals surface area contributed by atoms with Gasteiger partial charge in [-0.25, -0.2) is 9.97 Å². The molecule has 3 aromatic rings. The molecule has 0 aliphatic heterocycles. The summed E-state index contributed by atoms with van der Waals surface area (Å²) in [6.45, 7) is 2.01. The smallest absolute Gasteiger partial charge is 0.131 e. The second-order valence-electron chi connectivity index (χ2n) is 4.36. The number of pyridine rings is 1. The van der Waals surface area contributed by atoms with E-state index >= 15 is 0 Å². The van der Waals surface area contributed by atoms with E-state index in [-0.39, 0.29) is 0 Å². The quantitative estimate of drug-likeness (QED) is 0.759. The van der Waals surface area contributed by atoms with Crippen LogP contribution in [-0.2, 0) is 6.42 Å². The standard InChI is InChI=1S/C15H14N4/c1-2-15-18-13(7-14(16)19-15)12-9-17-8-10-5-3-4-6-11(10)12/h3-9H,2H2,1H3,(H2,16,18,19). The second kappa shape index (κ2) is 4.65. The highest BCUT2D eigenvalue weighted by molar-refractivity contribution is 5.95. The predicted octanol–water partition coefficient (Wildman–Crippen LogP) is 2.84. The second-order valence-corrected chi connectivity index (χ2v) is 4.36. The molecule has 2 aromatic heterocycles. The lowest BCUT2D eigenvalue weighted by Gasteiger charge is -2.07. The summed E-state index contributed by atoms with van der Waals surface area (Å²) in [5, 5.41) is 2.22. The Morgan fingerprint density at radius 2 is 1.95 bits per heavy atom. The van der Waals surface area contributed by atoms with Crippen molar-refractivity contribution in [2.75, 3.05) is 5.73 Å². The lowest BCUT2D eigenvalue weighted by molar-refractivity contribution is 0.949. The van der Waals surface area contributed by atoms with Gasteiger partial charge in [0.1, 0.15) is 11.6 Å². The minimum atomic E-state index is 0.495. The van der Waals surface area contributed by atoms with E-state index in [0.717, 1.165) is 34.3 Å². The van der Waals surface area contributed by atoms with Gasteiger partial charge in [0.05, 0.1) is 5.69 Å². The number of hydrogen-bond donors (Lipinski definition) is 1. The summed E-state index contributed by atoms with van der Waals surface area (Å²) < 4.78 is 0. The van der Waals surface area contributed by atoms with Gasteiger partial charge in [0.2, 0.25) is 0 Å². The molecule has 0 unspecified atom stereocenters. The van der Waals surface area contributed by atoms with E-state index in [1.165, 1.54) is 0 Å². The number of rotatable bonds is 2. The summed E-state index contributed by atoms with van der Waals surface area (Å²) in [5.41, 5.74) is 7.66. The first-order valence-electron chi connectivity index (χ1n) is 6.24. The van der Waals surface area contributed by atoms with Gasteiger partial charge < -0.3 is 5.73 Å². The van der Waals surface area contributed by atoms with Crippen molar-refractivity contribution < 1.29 is 0 Å². The zero-order valence-electron chi connectivity index (χ0n) is 10.7. The van der Waals surface area contributed by atoms with E-state index in [1.54, 1.807) is 6.07 Å². The van der Waals surface area contributed by atoms with Crippen LogP contribution in [0.15, 0.2) is 42.7 Å². The fourth-order valence-corrected chi connectivity index (χ4v) is 2.13. The van der Waals surface area contributed by atoms with Crippen LogP contribution in [0.1, 0.15) is 12.7 Å². The summed E-state index contributed by atoms with van der Waals surface area (Å²) in [6, 6.07) is 9.91. The Morgan fingerprint density at radius 3 is 2.79 bits per heavy atom. The van der Waals surface area contributed by atoms with Crippen LogP contribution < -0.4 is 5.73 Å². The van der Waals surface area contributed by atoms with E-state index < -0.39 is 0 Å². The van der Waals surface area contributed by atoms with Gasteiger partial charge in [0.25, 0.3) is 0 Å². The summed E-state index contributed by atoms with van der Waals surface area (Å²) >= 11 is 0. The van der Waals surface area contributed by atoms with Gasteiger partial charge in [0.15, 0.2) is 0 Å². The number of fused-ring (bicyclic) bond motifs is 1. The molecule has 3 rings (SSSR count). The number of aromatic nitrogens is 3. The third-order valence-corrected chi connectivity index (χ3v) is 3.05. The summed E-state index contributed by atoms with van der Waals surface area (Å²) in [5.74, 6) is 1.25. The largest absolute Gasteiger partial charge is 0.384 e. The van der Waals surface area contributed by atoms with Gasteiger partial charge in [-0.1, -0.05) is 31.2 Å². The van der Waals surface area contributed by atoms with Crippen molar-refractivity contribution in [2.24, 2.45) is 0 Å². The van der Waals surface area contributed by atoms with Crippen LogP contribution in [0.25, 0.3) is 22.0 Å². The third-order valence-electron chi connectivity index (χ3n) is 3.05. The number of hydrogen-bond acceptors (Lipinski definition) is 4. The monoisotopic (exact) mass is 250 g/mol. The zero-order chi connectivity index (χ0) is 13.2. The molecule has 19 heavy (non-hydrogen) atoms. The minimum absolute atomic E-state index is 0.495. The van der Waals surface area contributed by atoms with Crippen molar-refractivity contribution in [1.29, 1.82) is 0 Å². The van der Waals surface area contributed by atoms with Gasteiger partial charge in [0, 0.05) is 35.8 Å². The van der Waals surface area contributed by atoms with Crippen LogP contribution in [0.5, 0.6) is 0 Å². The Kier molecular flexibility index (Phi) is 2.83. The van der Waals surface area contributed by atoms with Gasteiger partial charge in [-0.15, -0.1) is 0 Å². The number of anilines is 1. The summed E-state index contributed by atoms with van der Waals surface area (Å²) in [4.78, 5) is 13.0. The normalized spacial score (nSPS) is 10.8. The van der Waals surface area contributed by atoms with Crippen molar-refractivity contribution in [1.82, 2.24) is 15.0 Å². The van der Waals surface area contributed by atoms with Crippen molar-refractivity contribution in [3.8, 4) is 11.3 Å². The number of benzene rings is 1. The van der Waals surface area contributed by atoms with Crippen LogP contribution in [0.4, 0.5) is 5.82 Å². The van der Waals surface area contributed by atoms with Gasteiger partial charge in [-0.2, -0.15) is 0 Å². The predicted molar refractivity (Wildman–Crippen MR) is 76.6 cm³/mol. The topological polar surface area (TPSA) is 64.7 Å². The molecule has 0 amide bonds. The van der Waals surface area contributed by atoms with Gasteiger partial charge in [-0.3, -0.25) is 4.98 Å². The molecule has 4 heteroatoms. The van der Waals surface area contributed by atoms with Crippen LogP contribution in [0, 0.1) is 0 Å². The fraction of sp³-hybridized carbons (Fsp3) is 0.133. The molecule has 1 aromatic carbocycles. The van der Waals surface area contributed by atoms with E-state index in [1.807, 2.05) is 37.5 Å². The average Bonchev–Trinajstić information content (AvgIpc) is 2.46. The van der Waals surface area contributed by atoms with Crippen LogP contribution >= 0.6 is 0 Å². The van der Waals surface area contributed by atoms with E-state index in [4.69, 9.17) is 5.73 Å². The minimum Gasteiger partial charge on any atom is -0.384 e. The molecule has 0 aliphatic carbocycles. The SMILES string of the molecule is CCc1nc(N)cc(-c2cncc3ccccc23)n1. The molecular weight excluding hydrogens is 236 g/mol. The molecule has 0 atom stereocenters. The van der Waals surface area contributed by atoms with Crippen LogP contribution in [-0.4, -0.2) is 15.0 Å². The maximum absolute atomic E-state index is 5.84. The molecule has 4 nitrogen and oxygen atoms in total. The Bertz CT molecular complexity index is 732. The fourth-order valence-electron chi connectivity index (χ4n) is 2.13. The molecule has 0 aliphatic rings. The highest BCUT2D eigenvalue weighted by Crippen LogP contribution is 2.26. The van der Waals surface area contributed by atoms with Crippen LogP contribution in [0.3, 0.4) is 0 Å². The lowest BCUT2D eigenvalue weighted by atomic mass is 10.1. The van der Waals surface area contributed by atoms with Crippen LogP contribution in [0.2, 0.25) is 0 Å². The molecule has 0 saturated carbocycles. The third kappa shape index (κ3) is 2.12. The molecule has 2 N–H and O–H groups in total. The first-order chi connectivity index (χ1) is 9.28.